The van der Waals surface area contributed by atoms with Gasteiger partial charge in [-0.1, -0.05) is 0 Å². The molecule has 1 unspecified atom stereocenters. The van der Waals surface area contributed by atoms with Gasteiger partial charge in [-0.25, -0.2) is 8.42 Å². The highest BCUT2D eigenvalue weighted by Crippen LogP contribution is 2.23. The van der Waals surface area contributed by atoms with Crippen molar-refractivity contribution < 1.29 is 13.2 Å². The smallest absolute Gasteiger partial charge is 0.251 e. The second-order valence-electron chi connectivity index (χ2n) is 5.53. The normalized spacial score (nSPS) is 23.1. The van der Waals surface area contributed by atoms with Gasteiger partial charge >= 0.3 is 0 Å². The monoisotopic (exact) mass is 294 g/mol. The molecule has 0 bridgehead atoms. The first-order valence-electron chi connectivity index (χ1n) is 6.89. The summed E-state index contributed by atoms with van der Waals surface area (Å²) in [4.78, 5) is 12.1. The van der Waals surface area contributed by atoms with Gasteiger partial charge in [-0.15, -0.1) is 0 Å². The van der Waals surface area contributed by atoms with E-state index in [0.717, 1.165) is 18.7 Å². The Morgan fingerprint density at radius 3 is 3.00 bits per heavy atom. The van der Waals surface area contributed by atoms with Crippen molar-refractivity contribution in [3.8, 4) is 0 Å². The maximum absolute atomic E-state index is 12.1. The van der Waals surface area contributed by atoms with E-state index in [4.69, 9.17) is 0 Å². The van der Waals surface area contributed by atoms with E-state index in [-0.39, 0.29) is 23.3 Å². The van der Waals surface area contributed by atoms with E-state index in [1.54, 1.807) is 6.07 Å². The molecule has 5 nitrogen and oxygen atoms in total. The number of carbonyl (C=O) groups excluding carboxylic acids is 1. The van der Waals surface area contributed by atoms with E-state index in [1.807, 2.05) is 12.1 Å². The third kappa shape index (κ3) is 2.80. The number of rotatable bonds is 3. The number of amides is 1. The summed E-state index contributed by atoms with van der Waals surface area (Å²) in [7, 11) is -2.88. The SMILES string of the molecule is O=C(NCC1CCS(=O)(=O)C1)c1ccc2c(c1)CCN2. The zero-order valence-electron chi connectivity index (χ0n) is 11.2. The molecule has 2 aliphatic heterocycles. The molecular weight excluding hydrogens is 276 g/mol. The topological polar surface area (TPSA) is 75.3 Å². The molecule has 6 heteroatoms. The molecule has 0 aromatic heterocycles. The van der Waals surface area contributed by atoms with Crippen molar-refractivity contribution in [3.63, 3.8) is 0 Å². The molecule has 1 amide bonds. The van der Waals surface area contributed by atoms with Crippen LogP contribution in [0.25, 0.3) is 0 Å². The average Bonchev–Trinajstić information content (AvgIpc) is 3.01. The molecule has 1 aromatic carbocycles. The number of anilines is 1. The van der Waals surface area contributed by atoms with Gasteiger partial charge in [-0.3, -0.25) is 4.79 Å². The summed E-state index contributed by atoms with van der Waals surface area (Å²) in [6.07, 6.45) is 1.59. The van der Waals surface area contributed by atoms with Crippen molar-refractivity contribution in [2.75, 3.05) is 29.9 Å². The predicted molar refractivity (Wildman–Crippen MR) is 77.7 cm³/mol. The first-order valence-corrected chi connectivity index (χ1v) is 8.71. The molecule has 2 N–H and O–H groups in total. The number of sulfone groups is 1. The van der Waals surface area contributed by atoms with Crippen LogP contribution in [-0.4, -0.2) is 38.9 Å². The number of nitrogens with one attached hydrogen (secondary N) is 2. The molecule has 0 spiro atoms. The summed E-state index contributed by atoms with van der Waals surface area (Å²) in [5, 5.41) is 6.10. The summed E-state index contributed by atoms with van der Waals surface area (Å²) >= 11 is 0. The summed E-state index contributed by atoms with van der Waals surface area (Å²) < 4.78 is 22.7. The van der Waals surface area contributed by atoms with Gasteiger partial charge in [0.05, 0.1) is 11.5 Å². The van der Waals surface area contributed by atoms with Gasteiger partial charge in [-0.2, -0.15) is 0 Å². The van der Waals surface area contributed by atoms with Crippen LogP contribution in [0.4, 0.5) is 5.69 Å². The lowest BCUT2D eigenvalue weighted by molar-refractivity contribution is 0.0948. The molecular formula is C14H18N2O3S. The average molecular weight is 294 g/mol. The minimum atomic E-state index is -2.88. The Kier molecular flexibility index (Phi) is 3.41. The molecule has 1 atom stereocenters. The summed E-state index contributed by atoms with van der Waals surface area (Å²) in [6.45, 7) is 1.35. The molecule has 1 saturated heterocycles. The van der Waals surface area contributed by atoms with Gasteiger partial charge in [0.15, 0.2) is 9.84 Å². The molecule has 1 fully saturated rings. The van der Waals surface area contributed by atoms with Crippen LogP contribution in [-0.2, 0) is 16.3 Å². The number of benzene rings is 1. The van der Waals surface area contributed by atoms with Gasteiger partial charge in [-0.05, 0) is 42.5 Å². The van der Waals surface area contributed by atoms with E-state index in [1.165, 1.54) is 5.56 Å². The van der Waals surface area contributed by atoms with Crippen molar-refractivity contribution in [2.45, 2.75) is 12.8 Å². The fourth-order valence-corrected chi connectivity index (χ4v) is 4.68. The molecule has 0 aliphatic carbocycles. The zero-order valence-corrected chi connectivity index (χ0v) is 12.0. The van der Waals surface area contributed by atoms with Gasteiger partial charge in [0.2, 0.25) is 0 Å². The van der Waals surface area contributed by atoms with Crippen LogP contribution in [0.1, 0.15) is 22.3 Å². The maximum Gasteiger partial charge on any atom is 0.251 e. The highest BCUT2D eigenvalue weighted by atomic mass is 32.2. The minimum absolute atomic E-state index is 0.0556. The number of carbonyl (C=O) groups is 1. The first kappa shape index (κ1) is 13.4. The molecule has 2 aliphatic rings. The van der Waals surface area contributed by atoms with Crippen LogP contribution in [0.2, 0.25) is 0 Å². The summed E-state index contributed by atoms with van der Waals surface area (Å²) in [6, 6.07) is 5.64. The molecule has 108 valence electrons. The minimum Gasteiger partial charge on any atom is -0.384 e. The van der Waals surface area contributed by atoms with Crippen LogP contribution in [0, 0.1) is 5.92 Å². The lowest BCUT2D eigenvalue weighted by Crippen LogP contribution is -2.29. The highest BCUT2D eigenvalue weighted by molar-refractivity contribution is 7.91. The Morgan fingerprint density at radius 2 is 2.25 bits per heavy atom. The fourth-order valence-electron chi connectivity index (χ4n) is 2.82. The van der Waals surface area contributed by atoms with Crippen molar-refractivity contribution in [2.24, 2.45) is 5.92 Å². The van der Waals surface area contributed by atoms with Gasteiger partial charge in [0.25, 0.3) is 5.91 Å². The lowest BCUT2D eigenvalue weighted by Gasteiger charge is -2.10. The van der Waals surface area contributed by atoms with Crippen molar-refractivity contribution in [1.82, 2.24) is 5.32 Å². The maximum atomic E-state index is 12.1. The van der Waals surface area contributed by atoms with Crippen molar-refractivity contribution in [1.29, 1.82) is 0 Å². The van der Waals surface area contributed by atoms with E-state index >= 15 is 0 Å². The first-order chi connectivity index (χ1) is 9.53. The third-order valence-corrected chi connectivity index (χ3v) is 5.79. The largest absolute Gasteiger partial charge is 0.384 e. The number of fused-ring (bicyclic) bond motifs is 1. The Morgan fingerprint density at radius 1 is 1.40 bits per heavy atom. The van der Waals surface area contributed by atoms with Crippen molar-refractivity contribution >= 4 is 21.4 Å². The van der Waals surface area contributed by atoms with E-state index < -0.39 is 9.84 Å². The number of hydrogen-bond acceptors (Lipinski definition) is 4. The van der Waals surface area contributed by atoms with Crippen LogP contribution in [0.3, 0.4) is 0 Å². The van der Waals surface area contributed by atoms with Crippen molar-refractivity contribution in [3.05, 3.63) is 29.3 Å². The van der Waals surface area contributed by atoms with E-state index in [0.29, 0.717) is 18.5 Å². The molecule has 0 saturated carbocycles. The summed E-state index contributed by atoms with van der Waals surface area (Å²) in [5.74, 6) is 0.378. The molecule has 0 radical (unpaired) electrons. The van der Waals surface area contributed by atoms with Crippen LogP contribution >= 0.6 is 0 Å². The Balaban J connectivity index is 1.60. The highest BCUT2D eigenvalue weighted by Gasteiger charge is 2.28. The van der Waals surface area contributed by atoms with Crippen LogP contribution < -0.4 is 10.6 Å². The lowest BCUT2D eigenvalue weighted by atomic mass is 10.1. The van der Waals surface area contributed by atoms with Crippen LogP contribution in [0.15, 0.2) is 18.2 Å². The fraction of sp³-hybridized carbons (Fsp3) is 0.500. The van der Waals surface area contributed by atoms with Gasteiger partial charge in [0, 0.05) is 24.3 Å². The summed E-state index contributed by atoms with van der Waals surface area (Å²) in [5.41, 5.74) is 2.91. The standard InChI is InChI=1S/C14H18N2O3S/c17-14(16-8-10-4-6-20(18,19)9-10)12-1-2-13-11(7-12)3-5-15-13/h1-2,7,10,15H,3-6,8-9H2,(H,16,17). The zero-order chi connectivity index (χ0) is 14.2. The van der Waals surface area contributed by atoms with Gasteiger partial charge < -0.3 is 10.6 Å². The van der Waals surface area contributed by atoms with Crippen LogP contribution in [0.5, 0.6) is 0 Å². The predicted octanol–water partition coefficient (Wildman–Crippen LogP) is 0.819. The number of hydrogen-bond donors (Lipinski definition) is 2. The molecule has 1 aromatic rings. The quantitative estimate of drug-likeness (QED) is 0.865. The Hall–Kier alpha value is -1.56. The molecule has 20 heavy (non-hydrogen) atoms. The second-order valence-corrected chi connectivity index (χ2v) is 7.76. The van der Waals surface area contributed by atoms with Gasteiger partial charge in [0.1, 0.15) is 0 Å². The van der Waals surface area contributed by atoms with E-state index in [9.17, 15) is 13.2 Å². The molecule has 3 rings (SSSR count). The second kappa shape index (κ2) is 5.09. The van der Waals surface area contributed by atoms with E-state index in [2.05, 4.69) is 10.6 Å². The molecule has 2 heterocycles. The third-order valence-electron chi connectivity index (χ3n) is 3.96. The Bertz CT molecular complexity index is 640. The Labute approximate surface area is 118 Å².